The smallest absolute Gasteiger partial charge is 0.331 e. The fourth-order valence-corrected chi connectivity index (χ4v) is 2.25. The topological polar surface area (TPSA) is 54.6 Å². The normalized spacial score (nSPS) is 11.8. The molecule has 0 saturated carbocycles. The van der Waals surface area contributed by atoms with Crippen molar-refractivity contribution in [1.82, 2.24) is 9.38 Å². The Morgan fingerprint density at radius 2 is 1.95 bits per heavy atom. The zero-order chi connectivity index (χ0) is 14.8. The van der Waals surface area contributed by atoms with Gasteiger partial charge in [0.05, 0.1) is 23.7 Å². The van der Waals surface area contributed by atoms with Crippen LogP contribution < -0.4 is 0 Å². The second kappa shape index (κ2) is 5.25. The van der Waals surface area contributed by atoms with Gasteiger partial charge in [0, 0.05) is 5.57 Å². The molecule has 0 aliphatic heterocycles. The molecule has 0 saturated heterocycles. The molecule has 2 aromatic heterocycles. The van der Waals surface area contributed by atoms with Crippen LogP contribution in [0, 0.1) is 0 Å². The van der Waals surface area contributed by atoms with E-state index in [9.17, 15) is 4.79 Å². The molecule has 2 heterocycles. The third-order valence-corrected chi connectivity index (χ3v) is 3.37. The average Bonchev–Trinajstić information content (AvgIpc) is 2.96. The van der Waals surface area contributed by atoms with Crippen molar-refractivity contribution in [1.29, 1.82) is 0 Å². The van der Waals surface area contributed by atoms with Gasteiger partial charge < -0.3 is 5.11 Å². The number of hydrogen-bond acceptors (Lipinski definition) is 2. The number of carboxylic acid groups (broad SMARTS) is 1. The summed E-state index contributed by atoms with van der Waals surface area (Å²) in [6, 6.07) is 13.8. The molecule has 0 spiro atoms. The number of nitrogens with zero attached hydrogens (tertiary/aromatic N) is 2. The Bertz CT molecular complexity index is 829. The lowest BCUT2D eigenvalue weighted by molar-refractivity contribution is -0.132. The van der Waals surface area contributed by atoms with Crippen LogP contribution in [0.4, 0.5) is 0 Å². The molecular weight excluding hydrogens is 264 g/mol. The first-order chi connectivity index (χ1) is 10.1. The van der Waals surface area contributed by atoms with Crippen molar-refractivity contribution < 1.29 is 9.90 Å². The van der Waals surface area contributed by atoms with Crippen LogP contribution in [0.5, 0.6) is 0 Å². The Hall–Kier alpha value is -2.88. The number of pyridine rings is 1. The standard InChI is InChI=1S/C17H14N2O2/c1-12(17(20)21)9-13-5-7-14(8-6-13)16-4-2-3-15-10-18-11-19(15)16/h2-11H,1H3,(H,20,21). The fraction of sp³-hybridized carbons (Fsp3) is 0.0588. The molecule has 0 atom stereocenters. The summed E-state index contributed by atoms with van der Waals surface area (Å²) in [5, 5.41) is 8.89. The van der Waals surface area contributed by atoms with Crippen LogP contribution in [0.3, 0.4) is 0 Å². The third kappa shape index (κ3) is 2.56. The van der Waals surface area contributed by atoms with E-state index in [-0.39, 0.29) is 0 Å². The number of benzene rings is 1. The molecule has 1 N–H and O–H groups in total. The predicted octanol–water partition coefficient (Wildman–Crippen LogP) is 3.49. The third-order valence-electron chi connectivity index (χ3n) is 3.37. The monoisotopic (exact) mass is 278 g/mol. The molecule has 0 amide bonds. The maximum Gasteiger partial charge on any atom is 0.331 e. The molecule has 4 nitrogen and oxygen atoms in total. The summed E-state index contributed by atoms with van der Waals surface area (Å²) < 4.78 is 2.02. The van der Waals surface area contributed by atoms with Gasteiger partial charge in [-0.15, -0.1) is 0 Å². The predicted molar refractivity (Wildman–Crippen MR) is 81.9 cm³/mol. The highest BCUT2D eigenvalue weighted by Crippen LogP contribution is 2.22. The maximum atomic E-state index is 10.8. The van der Waals surface area contributed by atoms with Crippen LogP contribution in [0.25, 0.3) is 22.9 Å². The van der Waals surface area contributed by atoms with Gasteiger partial charge in [-0.2, -0.15) is 0 Å². The Labute approximate surface area is 122 Å². The number of carboxylic acids is 1. The van der Waals surface area contributed by atoms with Gasteiger partial charge in [-0.3, -0.25) is 4.40 Å². The Morgan fingerprint density at radius 1 is 1.19 bits per heavy atom. The lowest BCUT2D eigenvalue weighted by atomic mass is 10.1. The van der Waals surface area contributed by atoms with E-state index in [0.717, 1.165) is 22.3 Å². The molecule has 104 valence electrons. The van der Waals surface area contributed by atoms with Crippen LogP contribution in [-0.2, 0) is 4.79 Å². The van der Waals surface area contributed by atoms with Gasteiger partial charge in [0.25, 0.3) is 0 Å². The van der Waals surface area contributed by atoms with Crippen molar-refractivity contribution in [2.24, 2.45) is 0 Å². The summed E-state index contributed by atoms with van der Waals surface area (Å²) >= 11 is 0. The highest BCUT2D eigenvalue weighted by atomic mass is 16.4. The van der Waals surface area contributed by atoms with Crippen molar-refractivity contribution >= 4 is 17.6 Å². The molecule has 1 aromatic carbocycles. The lowest BCUT2D eigenvalue weighted by Crippen LogP contribution is -1.95. The quantitative estimate of drug-likeness (QED) is 0.746. The van der Waals surface area contributed by atoms with Crippen molar-refractivity contribution in [2.45, 2.75) is 6.92 Å². The molecule has 3 aromatic rings. The summed E-state index contributed by atoms with van der Waals surface area (Å²) in [7, 11) is 0. The Kier molecular flexibility index (Phi) is 3.28. The van der Waals surface area contributed by atoms with Gasteiger partial charge in [0.15, 0.2) is 0 Å². The minimum absolute atomic E-state index is 0.319. The second-order valence-electron chi connectivity index (χ2n) is 4.85. The van der Waals surface area contributed by atoms with E-state index in [0.29, 0.717) is 5.57 Å². The SMILES string of the molecule is CC(=Cc1ccc(-c2cccc3cncn23)cc1)C(=O)O. The minimum atomic E-state index is -0.901. The Morgan fingerprint density at radius 3 is 2.67 bits per heavy atom. The largest absolute Gasteiger partial charge is 0.478 e. The lowest BCUT2D eigenvalue weighted by Gasteiger charge is -2.06. The van der Waals surface area contributed by atoms with Gasteiger partial charge in [0.1, 0.15) is 0 Å². The minimum Gasteiger partial charge on any atom is -0.478 e. The van der Waals surface area contributed by atoms with E-state index in [2.05, 4.69) is 4.98 Å². The molecule has 0 fully saturated rings. The summed E-state index contributed by atoms with van der Waals surface area (Å²) in [6.45, 7) is 1.59. The molecule has 0 unspecified atom stereocenters. The van der Waals surface area contributed by atoms with Crippen LogP contribution in [-0.4, -0.2) is 20.5 Å². The molecule has 3 rings (SSSR count). The number of hydrogen-bond donors (Lipinski definition) is 1. The number of fused-ring (bicyclic) bond motifs is 1. The highest BCUT2D eigenvalue weighted by molar-refractivity contribution is 5.91. The first kappa shape index (κ1) is 13.1. The summed E-state index contributed by atoms with van der Waals surface area (Å²) in [4.78, 5) is 15.0. The summed E-state index contributed by atoms with van der Waals surface area (Å²) in [5.74, 6) is -0.901. The van der Waals surface area contributed by atoms with Gasteiger partial charge in [-0.1, -0.05) is 30.3 Å². The summed E-state index contributed by atoms with van der Waals surface area (Å²) in [5.41, 5.74) is 4.34. The van der Waals surface area contributed by atoms with E-state index < -0.39 is 5.97 Å². The van der Waals surface area contributed by atoms with Crippen molar-refractivity contribution in [3.63, 3.8) is 0 Å². The van der Waals surface area contributed by atoms with E-state index in [1.807, 2.05) is 53.1 Å². The van der Waals surface area contributed by atoms with Gasteiger partial charge >= 0.3 is 5.97 Å². The van der Waals surface area contributed by atoms with Gasteiger partial charge in [0.2, 0.25) is 0 Å². The highest BCUT2D eigenvalue weighted by Gasteiger charge is 2.04. The molecule has 4 heteroatoms. The van der Waals surface area contributed by atoms with Crippen molar-refractivity contribution in [3.05, 3.63) is 66.1 Å². The second-order valence-corrected chi connectivity index (χ2v) is 4.85. The van der Waals surface area contributed by atoms with Crippen LogP contribution >= 0.6 is 0 Å². The van der Waals surface area contributed by atoms with Crippen LogP contribution in [0.15, 0.2) is 60.6 Å². The number of rotatable bonds is 3. The number of carbonyl (C=O) groups is 1. The van der Waals surface area contributed by atoms with E-state index >= 15 is 0 Å². The molecule has 0 aliphatic rings. The first-order valence-corrected chi connectivity index (χ1v) is 6.58. The fourth-order valence-electron chi connectivity index (χ4n) is 2.25. The zero-order valence-electron chi connectivity index (χ0n) is 11.5. The maximum absolute atomic E-state index is 10.8. The van der Waals surface area contributed by atoms with Gasteiger partial charge in [-0.25, -0.2) is 9.78 Å². The molecular formula is C17H14N2O2. The van der Waals surface area contributed by atoms with E-state index in [4.69, 9.17) is 5.11 Å². The first-order valence-electron chi connectivity index (χ1n) is 6.58. The van der Waals surface area contributed by atoms with Gasteiger partial charge in [-0.05, 0) is 36.3 Å². The van der Waals surface area contributed by atoms with E-state index in [1.54, 1.807) is 19.3 Å². The molecule has 0 aliphatic carbocycles. The van der Waals surface area contributed by atoms with Crippen LogP contribution in [0.2, 0.25) is 0 Å². The molecule has 0 radical (unpaired) electrons. The number of aromatic nitrogens is 2. The van der Waals surface area contributed by atoms with Crippen molar-refractivity contribution in [3.8, 4) is 11.3 Å². The average molecular weight is 278 g/mol. The van der Waals surface area contributed by atoms with E-state index in [1.165, 1.54) is 0 Å². The Balaban J connectivity index is 2.00. The molecule has 0 bridgehead atoms. The van der Waals surface area contributed by atoms with Crippen molar-refractivity contribution in [2.75, 3.05) is 0 Å². The number of imidazole rings is 1. The number of aliphatic carboxylic acids is 1. The van der Waals surface area contributed by atoms with Crippen LogP contribution in [0.1, 0.15) is 12.5 Å². The summed E-state index contributed by atoms with van der Waals surface area (Å²) in [6.07, 6.45) is 5.26. The zero-order valence-corrected chi connectivity index (χ0v) is 11.5. The molecule has 21 heavy (non-hydrogen) atoms.